The molecule has 1 aromatic carbocycles. The van der Waals surface area contributed by atoms with Crippen LogP contribution >= 0.6 is 0 Å². The molecule has 0 bridgehead atoms. The first-order chi connectivity index (χ1) is 7.80. The van der Waals surface area contributed by atoms with Gasteiger partial charge < -0.3 is 14.6 Å². The third-order valence-corrected chi connectivity index (χ3v) is 2.20. The Morgan fingerprint density at radius 2 is 1.94 bits per heavy atom. The van der Waals surface area contributed by atoms with Gasteiger partial charge >= 0.3 is 0 Å². The van der Waals surface area contributed by atoms with Gasteiger partial charge in [0.1, 0.15) is 11.5 Å². The standard InChI is InChI=1S/C12H15NO3/c1-15-11-2-4-12(5-3-11)16-7-6-10(8-13)9-14/h2-5,10,14H,6-7,9H2,1H3. The molecule has 0 radical (unpaired) electrons. The smallest absolute Gasteiger partial charge is 0.119 e. The fraction of sp³-hybridized carbons (Fsp3) is 0.417. The molecule has 4 heteroatoms. The lowest BCUT2D eigenvalue weighted by atomic mass is 10.1. The maximum Gasteiger partial charge on any atom is 0.119 e. The Hall–Kier alpha value is -1.73. The Morgan fingerprint density at radius 3 is 2.44 bits per heavy atom. The van der Waals surface area contributed by atoms with E-state index in [-0.39, 0.29) is 12.5 Å². The summed E-state index contributed by atoms with van der Waals surface area (Å²) in [6, 6.07) is 9.23. The van der Waals surface area contributed by atoms with Crippen LogP contribution in [-0.2, 0) is 0 Å². The second kappa shape index (κ2) is 6.70. The van der Waals surface area contributed by atoms with E-state index in [1.165, 1.54) is 0 Å². The number of benzene rings is 1. The van der Waals surface area contributed by atoms with Crippen LogP contribution in [0.1, 0.15) is 6.42 Å². The monoisotopic (exact) mass is 221 g/mol. The molecule has 0 fully saturated rings. The van der Waals surface area contributed by atoms with Crippen molar-refractivity contribution >= 4 is 0 Å². The highest BCUT2D eigenvalue weighted by Gasteiger charge is 2.05. The van der Waals surface area contributed by atoms with E-state index in [0.717, 1.165) is 11.5 Å². The SMILES string of the molecule is COc1ccc(OCCC(C#N)CO)cc1. The Bertz CT molecular complexity index is 342. The van der Waals surface area contributed by atoms with Crippen molar-refractivity contribution in [3.05, 3.63) is 24.3 Å². The van der Waals surface area contributed by atoms with Crippen LogP contribution in [0.4, 0.5) is 0 Å². The fourth-order valence-corrected chi connectivity index (χ4v) is 1.19. The molecule has 0 spiro atoms. The molecule has 16 heavy (non-hydrogen) atoms. The quantitative estimate of drug-likeness (QED) is 0.792. The number of ether oxygens (including phenoxy) is 2. The molecule has 4 nitrogen and oxygen atoms in total. The highest BCUT2D eigenvalue weighted by molar-refractivity contribution is 5.31. The van der Waals surface area contributed by atoms with Crippen molar-refractivity contribution < 1.29 is 14.6 Å². The van der Waals surface area contributed by atoms with Crippen LogP contribution in [0.15, 0.2) is 24.3 Å². The first kappa shape index (κ1) is 12.3. The van der Waals surface area contributed by atoms with Crippen molar-refractivity contribution in [2.45, 2.75) is 6.42 Å². The minimum absolute atomic E-state index is 0.123. The molecule has 0 aliphatic heterocycles. The van der Waals surface area contributed by atoms with Gasteiger partial charge in [-0.25, -0.2) is 0 Å². The molecular formula is C12H15NO3. The van der Waals surface area contributed by atoms with Crippen molar-refractivity contribution in [2.24, 2.45) is 5.92 Å². The highest BCUT2D eigenvalue weighted by atomic mass is 16.5. The zero-order valence-electron chi connectivity index (χ0n) is 9.22. The van der Waals surface area contributed by atoms with E-state index in [2.05, 4.69) is 0 Å². The van der Waals surface area contributed by atoms with Gasteiger partial charge in [-0.2, -0.15) is 5.26 Å². The second-order valence-corrected chi connectivity index (χ2v) is 3.32. The van der Waals surface area contributed by atoms with Crippen LogP contribution in [0.25, 0.3) is 0 Å². The number of methoxy groups -OCH3 is 1. The van der Waals surface area contributed by atoms with Gasteiger partial charge in [-0.05, 0) is 30.7 Å². The first-order valence-corrected chi connectivity index (χ1v) is 5.07. The Morgan fingerprint density at radius 1 is 1.31 bits per heavy atom. The van der Waals surface area contributed by atoms with E-state index in [0.29, 0.717) is 13.0 Å². The first-order valence-electron chi connectivity index (χ1n) is 5.07. The zero-order valence-corrected chi connectivity index (χ0v) is 9.22. The summed E-state index contributed by atoms with van der Waals surface area (Å²) in [7, 11) is 1.61. The second-order valence-electron chi connectivity index (χ2n) is 3.32. The molecule has 0 aromatic heterocycles. The topological polar surface area (TPSA) is 62.5 Å². The number of nitriles is 1. The van der Waals surface area contributed by atoms with Gasteiger partial charge in [0.2, 0.25) is 0 Å². The van der Waals surface area contributed by atoms with Crippen LogP contribution in [0.2, 0.25) is 0 Å². The lowest BCUT2D eigenvalue weighted by Crippen LogP contribution is -2.08. The summed E-state index contributed by atoms with van der Waals surface area (Å²) in [6.07, 6.45) is 0.527. The van der Waals surface area contributed by atoms with E-state index in [4.69, 9.17) is 19.8 Å². The third-order valence-electron chi connectivity index (χ3n) is 2.20. The summed E-state index contributed by atoms with van der Waals surface area (Å²) in [6.45, 7) is 0.299. The molecule has 0 saturated heterocycles. The summed E-state index contributed by atoms with van der Waals surface area (Å²) in [5.74, 6) is 1.16. The minimum Gasteiger partial charge on any atom is -0.497 e. The van der Waals surface area contributed by atoms with Gasteiger partial charge in [0.15, 0.2) is 0 Å². The number of nitrogens with zero attached hydrogens (tertiary/aromatic N) is 1. The van der Waals surface area contributed by atoms with Gasteiger partial charge in [0.25, 0.3) is 0 Å². The maximum absolute atomic E-state index is 8.80. The average molecular weight is 221 g/mol. The van der Waals surface area contributed by atoms with Crippen LogP contribution in [0.3, 0.4) is 0 Å². The zero-order chi connectivity index (χ0) is 11.8. The third kappa shape index (κ3) is 3.79. The fourth-order valence-electron chi connectivity index (χ4n) is 1.19. The summed E-state index contributed by atoms with van der Waals surface area (Å²) < 4.78 is 10.4. The van der Waals surface area contributed by atoms with Crippen LogP contribution in [0, 0.1) is 17.2 Å². The highest BCUT2D eigenvalue weighted by Crippen LogP contribution is 2.17. The predicted octanol–water partition coefficient (Wildman–Crippen LogP) is 1.60. The molecule has 1 N–H and O–H groups in total. The Balaban J connectivity index is 2.34. The largest absolute Gasteiger partial charge is 0.497 e. The number of rotatable bonds is 6. The van der Waals surface area contributed by atoms with Gasteiger partial charge in [-0.1, -0.05) is 0 Å². The van der Waals surface area contributed by atoms with Crippen molar-refractivity contribution in [1.29, 1.82) is 5.26 Å². The molecule has 0 heterocycles. The van der Waals surface area contributed by atoms with Crippen LogP contribution < -0.4 is 9.47 Å². The molecule has 1 aromatic rings. The van der Waals surface area contributed by atoms with E-state index in [1.54, 1.807) is 19.2 Å². The maximum atomic E-state index is 8.80. The van der Waals surface area contributed by atoms with E-state index >= 15 is 0 Å². The number of aliphatic hydroxyl groups is 1. The lowest BCUT2D eigenvalue weighted by Gasteiger charge is -2.08. The number of hydrogen-bond acceptors (Lipinski definition) is 4. The number of aliphatic hydroxyl groups excluding tert-OH is 1. The van der Waals surface area contributed by atoms with E-state index in [1.807, 2.05) is 18.2 Å². The summed E-state index contributed by atoms with van der Waals surface area (Å²) in [4.78, 5) is 0. The molecule has 0 saturated carbocycles. The molecular weight excluding hydrogens is 206 g/mol. The molecule has 1 rings (SSSR count). The average Bonchev–Trinajstić information content (AvgIpc) is 2.35. The van der Waals surface area contributed by atoms with Crippen LogP contribution in [0.5, 0.6) is 11.5 Å². The molecule has 0 amide bonds. The van der Waals surface area contributed by atoms with Gasteiger partial charge in [-0.3, -0.25) is 0 Å². The Labute approximate surface area is 95.0 Å². The minimum atomic E-state index is -0.349. The summed E-state index contributed by atoms with van der Waals surface area (Å²) in [5, 5.41) is 17.4. The molecule has 1 unspecified atom stereocenters. The van der Waals surface area contributed by atoms with Crippen molar-refractivity contribution in [3.8, 4) is 17.6 Å². The number of hydrogen-bond donors (Lipinski definition) is 1. The molecule has 1 atom stereocenters. The van der Waals surface area contributed by atoms with Crippen LogP contribution in [-0.4, -0.2) is 25.4 Å². The van der Waals surface area contributed by atoms with E-state index < -0.39 is 0 Å². The van der Waals surface area contributed by atoms with Gasteiger partial charge in [0, 0.05) is 0 Å². The van der Waals surface area contributed by atoms with Crippen molar-refractivity contribution in [2.75, 3.05) is 20.3 Å². The molecule has 0 aliphatic rings. The molecule has 86 valence electrons. The predicted molar refractivity (Wildman–Crippen MR) is 59.3 cm³/mol. The summed E-state index contributed by atoms with van der Waals surface area (Å²) in [5.41, 5.74) is 0. The van der Waals surface area contributed by atoms with Gasteiger partial charge in [-0.15, -0.1) is 0 Å². The summed E-state index contributed by atoms with van der Waals surface area (Å²) >= 11 is 0. The van der Waals surface area contributed by atoms with Gasteiger partial charge in [0.05, 0.1) is 32.3 Å². The normalized spacial score (nSPS) is 11.6. The van der Waals surface area contributed by atoms with Crippen molar-refractivity contribution in [1.82, 2.24) is 0 Å². The van der Waals surface area contributed by atoms with Crippen molar-refractivity contribution in [3.63, 3.8) is 0 Å². The lowest BCUT2D eigenvalue weighted by molar-refractivity contribution is 0.220. The molecule has 0 aliphatic carbocycles. The Kier molecular flexibility index (Phi) is 5.17. The van der Waals surface area contributed by atoms with E-state index in [9.17, 15) is 0 Å².